The maximum absolute atomic E-state index is 5.38. The van der Waals surface area contributed by atoms with Crippen LogP contribution in [0.1, 0.15) is 0 Å². The Morgan fingerprint density at radius 3 is 2.79 bits per heavy atom. The molecule has 0 saturated carbocycles. The number of methoxy groups -OCH3 is 1. The van der Waals surface area contributed by atoms with E-state index in [1.807, 2.05) is 0 Å². The van der Waals surface area contributed by atoms with E-state index < -0.39 is 0 Å². The fraction of sp³-hybridized carbons (Fsp3) is 0.800. The Balaban J connectivity index is 1.99. The van der Waals surface area contributed by atoms with Crippen molar-refractivity contribution in [2.45, 2.75) is 0 Å². The molecule has 0 aliphatic carbocycles. The van der Waals surface area contributed by atoms with Crippen LogP contribution in [0.2, 0.25) is 0 Å². The number of nitrogens with zero attached hydrogens (tertiary/aromatic N) is 1. The average molecular weight is 201 g/mol. The molecule has 0 amide bonds. The lowest BCUT2D eigenvalue weighted by Gasteiger charge is -2.26. The Morgan fingerprint density at radius 1 is 1.43 bits per heavy atom. The average Bonchev–Trinajstić information content (AvgIpc) is 2.20. The molecule has 14 heavy (non-hydrogen) atoms. The monoisotopic (exact) mass is 201 g/mol. The highest BCUT2D eigenvalue weighted by Gasteiger charge is 2.09. The van der Waals surface area contributed by atoms with Gasteiger partial charge in [-0.1, -0.05) is 6.58 Å². The molecule has 0 aromatic heterocycles. The number of hydrogen-bond acceptors (Lipinski definition) is 4. The summed E-state index contributed by atoms with van der Waals surface area (Å²) < 4.78 is 15.5. The molecular formula is C10H19NO3. The minimum Gasteiger partial charge on any atom is -0.495 e. The molecule has 4 nitrogen and oxygen atoms in total. The molecule has 0 atom stereocenters. The van der Waals surface area contributed by atoms with Crippen LogP contribution in [0.3, 0.4) is 0 Å². The van der Waals surface area contributed by atoms with Crippen molar-refractivity contribution in [3.8, 4) is 0 Å². The molecule has 1 heterocycles. The van der Waals surface area contributed by atoms with Crippen LogP contribution in [-0.4, -0.2) is 58.1 Å². The highest BCUT2D eigenvalue weighted by Crippen LogP contribution is 1.98. The van der Waals surface area contributed by atoms with Crippen molar-refractivity contribution in [2.75, 3.05) is 53.2 Å². The smallest absolute Gasteiger partial charge is 0.115 e. The lowest BCUT2D eigenvalue weighted by Crippen LogP contribution is -2.38. The van der Waals surface area contributed by atoms with Crippen molar-refractivity contribution in [1.82, 2.24) is 4.90 Å². The largest absolute Gasteiger partial charge is 0.495 e. The summed E-state index contributed by atoms with van der Waals surface area (Å²) in [5.74, 6) is 0.695. The Morgan fingerprint density at radius 2 is 2.14 bits per heavy atom. The molecule has 1 aliphatic heterocycles. The summed E-state index contributed by atoms with van der Waals surface area (Å²) in [4.78, 5) is 2.32. The molecule has 1 aliphatic rings. The van der Waals surface area contributed by atoms with Gasteiger partial charge in [-0.3, -0.25) is 4.90 Å². The van der Waals surface area contributed by atoms with E-state index in [4.69, 9.17) is 14.2 Å². The first-order valence-corrected chi connectivity index (χ1v) is 4.92. The van der Waals surface area contributed by atoms with E-state index in [0.717, 1.165) is 32.8 Å². The van der Waals surface area contributed by atoms with Gasteiger partial charge in [-0.15, -0.1) is 0 Å². The molecular weight excluding hydrogens is 182 g/mol. The van der Waals surface area contributed by atoms with Gasteiger partial charge >= 0.3 is 0 Å². The Bertz CT molecular complexity index is 167. The van der Waals surface area contributed by atoms with Crippen molar-refractivity contribution >= 4 is 0 Å². The van der Waals surface area contributed by atoms with Crippen molar-refractivity contribution in [1.29, 1.82) is 0 Å². The fourth-order valence-electron chi connectivity index (χ4n) is 1.35. The van der Waals surface area contributed by atoms with Gasteiger partial charge in [0.05, 0.1) is 13.2 Å². The lowest BCUT2D eigenvalue weighted by molar-refractivity contribution is 0.0249. The van der Waals surface area contributed by atoms with Crippen LogP contribution in [-0.2, 0) is 14.2 Å². The molecule has 1 rings (SSSR count). The Labute approximate surface area is 85.4 Å². The van der Waals surface area contributed by atoms with Crippen molar-refractivity contribution in [3.63, 3.8) is 0 Å². The van der Waals surface area contributed by atoms with E-state index in [9.17, 15) is 0 Å². The first-order valence-electron chi connectivity index (χ1n) is 4.92. The standard InChI is InChI=1S/C10H19NO3/c1-10(9-12-2)14-8-5-11-3-6-13-7-4-11/h1,3-9H2,2H3. The van der Waals surface area contributed by atoms with Gasteiger partial charge in [0.1, 0.15) is 19.0 Å². The molecule has 0 N–H and O–H groups in total. The molecule has 0 spiro atoms. The SMILES string of the molecule is C=C(COC)OCCN1CCOCC1. The zero-order valence-electron chi connectivity index (χ0n) is 8.83. The topological polar surface area (TPSA) is 30.9 Å². The van der Waals surface area contributed by atoms with E-state index in [0.29, 0.717) is 19.0 Å². The molecule has 0 bridgehead atoms. The zero-order valence-corrected chi connectivity index (χ0v) is 8.83. The summed E-state index contributed by atoms with van der Waals surface area (Å²) in [6.45, 7) is 9.50. The summed E-state index contributed by atoms with van der Waals surface area (Å²) in [7, 11) is 1.64. The molecule has 82 valence electrons. The first-order chi connectivity index (χ1) is 6.83. The molecule has 1 fully saturated rings. The third-order valence-corrected chi connectivity index (χ3v) is 2.12. The van der Waals surface area contributed by atoms with E-state index in [-0.39, 0.29) is 0 Å². The predicted octanol–water partition coefficient (Wildman–Crippen LogP) is 0.495. The van der Waals surface area contributed by atoms with Gasteiger partial charge < -0.3 is 14.2 Å². The van der Waals surface area contributed by atoms with Gasteiger partial charge in [0, 0.05) is 26.7 Å². The number of rotatable bonds is 6. The van der Waals surface area contributed by atoms with E-state index >= 15 is 0 Å². The third-order valence-electron chi connectivity index (χ3n) is 2.12. The second-order valence-electron chi connectivity index (χ2n) is 3.27. The Hall–Kier alpha value is -0.580. The summed E-state index contributed by atoms with van der Waals surface area (Å²) >= 11 is 0. The van der Waals surface area contributed by atoms with Crippen LogP contribution < -0.4 is 0 Å². The minimum atomic E-state index is 0.475. The molecule has 0 radical (unpaired) electrons. The number of hydrogen-bond donors (Lipinski definition) is 0. The van der Waals surface area contributed by atoms with E-state index in [2.05, 4.69) is 11.5 Å². The van der Waals surface area contributed by atoms with Crippen LogP contribution in [0, 0.1) is 0 Å². The zero-order chi connectivity index (χ0) is 10.2. The van der Waals surface area contributed by atoms with Crippen LogP contribution in [0.15, 0.2) is 12.3 Å². The predicted molar refractivity (Wildman–Crippen MR) is 54.2 cm³/mol. The van der Waals surface area contributed by atoms with Crippen molar-refractivity contribution in [3.05, 3.63) is 12.3 Å². The lowest BCUT2D eigenvalue weighted by atomic mass is 10.4. The van der Waals surface area contributed by atoms with Gasteiger partial charge in [0.25, 0.3) is 0 Å². The van der Waals surface area contributed by atoms with Crippen LogP contribution in [0.25, 0.3) is 0 Å². The number of morpholine rings is 1. The van der Waals surface area contributed by atoms with Crippen LogP contribution in [0.5, 0.6) is 0 Å². The van der Waals surface area contributed by atoms with Gasteiger partial charge in [-0.05, 0) is 0 Å². The summed E-state index contributed by atoms with van der Waals surface area (Å²) in [5.41, 5.74) is 0. The quantitative estimate of drug-likeness (QED) is 0.585. The van der Waals surface area contributed by atoms with Crippen molar-refractivity contribution < 1.29 is 14.2 Å². The second-order valence-corrected chi connectivity index (χ2v) is 3.27. The van der Waals surface area contributed by atoms with Crippen LogP contribution >= 0.6 is 0 Å². The molecule has 1 saturated heterocycles. The maximum atomic E-state index is 5.38. The first kappa shape index (κ1) is 11.5. The van der Waals surface area contributed by atoms with Gasteiger partial charge in [0.2, 0.25) is 0 Å². The third kappa shape index (κ3) is 4.60. The molecule has 0 unspecified atom stereocenters. The maximum Gasteiger partial charge on any atom is 0.115 e. The summed E-state index contributed by atoms with van der Waals surface area (Å²) in [6, 6.07) is 0. The fourth-order valence-corrected chi connectivity index (χ4v) is 1.35. The summed E-state index contributed by atoms with van der Waals surface area (Å²) in [5, 5.41) is 0. The van der Waals surface area contributed by atoms with E-state index in [1.54, 1.807) is 7.11 Å². The van der Waals surface area contributed by atoms with Gasteiger partial charge in [-0.2, -0.15) is 0 Å². The number of ether oxygens (including phenoxy) is 3. The highest BCUT2D eigenvalue weighted by molar-refractivity contribution is 4.81. The van der Waals surface area contributed by atoms with Gasteiger partial charge in [0.15, 0.2) is 0 Å². The molecule has 0 aromatic rings. The second kappa shape index (κ2) is 6.81. The summed E-state index contributed by atoms with van der Waals surface area (Å²) in [6.07, 6.45) is 0. The molecule has 0 aromatic carbocycles. The molecule has 4 heteroatoms. The normalized spacial score (nSPS) is 18.1. The minimum absolute atomic E-state index is 0.475. The van der Waals surface area contributed by atoms with Crippen molar-refractivity contribution in [2.24, 2.45) is 0 Å². The highest BCUT2D eigenvalue weighted by atomic mass is 16.5. The van der Waals surface area contributed by atoms with Gasteiger partial charge in [-0.25, -0.2) is 0 Å². The van der Waals surface area contributed by atoms with Crippen LogP contribution in [0.4, 0.5) is 0 Å². The van der Waals surface area contributed by atoms with E-state index in [1.165, 1.54) is 0 Å². The Kier molecular flexibility index (Phi) is 5.59.